The summed E-state index contributed by atoms with van der Waals surface area (Å²) < 4.78 is 5.13. The fourth-order valence-electron chi connectivity index (χ4n) is 1.69. The highest BCUT2D eigenvalue weighted by Crippen LogP contribution is 2.29. The predicted molar refractivity (Wildman–Crippen MR) is 65.2 cm³/mol. The number of rotatable bonds is 7. The van der Waals surface area contributed by atoms with E-state index in [1.54, 1.807) is 18.4 Å². The standard InChI is InChI=1S/C10H18N4OS/c1-15-5-4-14(8-2-3-8)7-9-6-12-10(13-11)16-9/h6,8H,2-5,7,11H2,1H3,(H,12,13). The number of aromatic nitrogens is 1. The Labute approximate surface area is 99.6 Å². The Balaban J connectivity index is 1.88. The van der Waals surface area contributed by atoms with Crippen molar-refractivity contribution in [2.75, 3.05) is 25.7 Å². The summed E-state index contributed by atoms with van der Waals surface area (Å²) in [5, 5.41) is 0.775. The first-order valence-corrected chi connectivity index (χ1v) is 6.29. The summed E-state index contributed by atoms with van der Waals surface area (Å²) in [4.78, 5) is 7.87. The number of methoxy groups -OCH3 is 1. The van der Waals surface area contributed by atoms with Crippen LogP contribution < -0.4 is 11.3 Å². The summed E-state index contributed by atoms with van der Waals surface area (Å²) in [6.07, 6.45) is 4.51. The third-order valence-electron chi connectivity index (χ3n) is 2.68. The van der Waals surface area contributed by atoms with Gasteiger partial charge in [0.25, 0.3) is 0 Å². The van der Waals surface area contributed by atoms with Crippen molar-refractivity contribution in [3.05, 3.63) is 11.1 Å². The third-order valence-corrected chi connectivity index (χ3v) is 3.60. The molecule has 0 radical (unpaired) electrons. The first-order valence-electron chi connectivity index (χ1n) is 5.48. The molecule has 0 aromatic carbocycles. The summed E-state index contributed by atoms with van der Waals surface area (Å²) in [5.74, 6) is 5.31. The second kappa shape index (κ2) is 5.58. The molecule has 2 rings (SSSR count). The number of nitrogens with one attached hydrogen (secondary N) is 1. The van der Waals surface area contributed by atoms with Gasteiger partial charge in [0.05, 0.1) is 6.61 Å². The molecule has 1 aromatic rings. The molecule has 1 fully saturated rings. The molecule has 1 aliphatic carbocycles. The van der Waals surface area contributed by atoms with Crippen molar-refractivity contribution in [2.45, 2.75) is 25.4 Å². The van der Waals surface area contributed by atoms with Gasteiger partial charge in [-0.25, -0.2) is 10.8 Å². The largest absolute Gasteiger partial charge is 0.383 e. The van der Waals surface area contributed by atoms with Crippen molar-refractivity contribution in [1.82, 2.24) is 9.88 Å². The van der Waals surface area contributed by atoms with Gasteiger partial charge in [-0.15, -0.1) is 0 Å². The second-order valence-corrected chi connectivity index (χ2v) is 5.09. The highest BCUT2D eigenvalue weighted by Gasteiger charge is 2.28. The summed E-state index contributed by atoms with van der Waals surface area (Å²) in [5.41, 5.74) is 2.57. The van der Waals surface area contributed by atoms with Gasteiger partial charge in [0, 0.05) is 37.3 Å². The number of nitrogens with zero attached hydrogens (tertiary/aromatic N) is 2. The van der Waals surface area contributed by atoms with Gasteiger partial charge in [-0.3, -0.25) is 10.3 Å². The van der Waals surface area contributed by atoms with E-state index in [0.717, 1.165) is 30.9 Å². The Morgan fingerprint density at radius 1 is 1.69 bits per heavy atom. The highest BCUT2D eigenvalue weighted by molar-refractivity contribution is 7.15. The lowest BCUT2D eigenvalue weighted by Crippen LogP contribution is -2.28. The monoisotopic (exact) mass is 242 g/mol. The van der Waals surface area contributed by atoms with E-state index in [-0.39, 0.29) is 0 Å². The molecule has 1 heterocycles. The van der Waals surface area contributed by atoms with Gasteiger partial charge < -0.3 is 4.74 Å². The minimum Gasteiger partial charge on any atom is -0.383 e. The molecular weight excluding hydrogens is 224 g/mol. The van der Waals surface area contributed by atoms with Crippen LogP contribution >= 0.6 is 11.3 Å². The van der Waals surface area contributed by atoms with E-state index in [1.165, 1.54) is 17.7 Å². The fourth-order valence-corrected chi connectivity index (χ4v) is 2.43. The maximum atomic E-state index is 5.31. The fraction of sp³-hybridized carbons (Fsp3) is 0.700. The normalized spacial score (nSPS) is 15.7. The van der Waals surface area contributed by atoms with Crippen LogP contribution in [0.4, 0.5) is 5.13 Å². The van der Waals surface area contributed by atoms with E-state index in [2.05, 4.69) is 15.3 Å². The molecule has 90 valence electrons. The van der Waals surface area contributed by atoms with Crippen LogP contribution in [-0.4, -0.2) is 36.2 Å². The topological polar surface area (TPSA) is 63.4 Å². The zero-order valence-electron chi connectivity index (χ0n) is 9.48. The average molecular weight is 242 g/mol. The Morgan fingerprint density at radius 2 is 2.50 bits per heavy atom. The van der Waals surface area contributed by atoms with E-state index >= 15 is 0 Å². The minimum atomic E-state index is 0.742. The molecule has 0 aliphatic heterocycles. The third kappa shape index (κ3) is 3.15. The van der Waals surface area contributed by atoms with Gasteiger partial charge in [-0.2, -0.15) is 0 Å². The molecule has 1 aromatic heterocycles. The molecule has 0 atom stereocenters. The van der Waals surface area contributed by atoms with Gasteiger partial charge in [-0.1, -0.05) is 11.3 Å². The molecule has 1 aliphatic rings. The van der Waals surface area contributed by atoms with Crippen LogP contribution in [0, 0.1) is 0 Å². The maximum absolute atomic E-state index is 5.31. The van der Waals surface area contributed by atoms with E-state index in [0.29, 0.717) is 0 Å². The number of hydrazine groups is 1. The van der Waals surface area contributed by atoms with Gasteiger partial charge in [0.15, 0.2) is 5.13 Å². The molecule has 1 saturated carbocycles. The highest BCUT2D eigenvalue weighted by atomic mass is 32.1. The van der Waals surface area contributed by atoms with Crippen molar-refractivity contribution < 1.29 is 4.74 Å². The van der Waals surface area contributed by atoms with Gasteiger partial charge in [-0.05, 0) is 12.8 Å². The average Bonchev–Trinajstić information content (AvgIpc) is 3.05. The van der Waals surface area contributed by atoms with Crippen LogP contribution in [0.25, 0.3) is 0 Å². The van der Waals surface area contributed by atoms with Crippen LogP contribution in [0.15, 0.2) is 6.20 Å². The molecule has 3 N–H and O–H groups in total. The second-order valence-electron chi connectivity index (χ2n) is 3.97. The van der Waals surface area contributed by atoms with E-state index in [4.69, 9.17) is 10.6 Å². The lowest BCUT2D eigenvalue weighted by Gasteiger charge is -2.20. The summed E-state index contributed by atoms with van der Waals surface area (Å²) in [6, 6.07) is 0.742. The van der Waals surface area contributed by atoms with Gasteiger partial charge >= 0.3 is 0 Å². The molecular formula is C10H18N4OS. The number of anilines is 1. The van der Waals surface area contributed by atoms with Crippen LogP contribution in [-0.2, 0) is 11.3 Å². The molecule has 0 saturated heterocycles. The van der Waals surface area contributed by atoms with Crippen molar-refractivity contribution in [3.63, 3.8) is 0 Å². The van der Waals surface area contributed by atoms with Crippen molar-refractivity contribution in [1.29, 1.82) is 0 Å². The summed E-state index contributed by atoms with van der Waals surface area (Å²) >= 11 is 1.61. The van der Waals surface area contributed by atoms with Crippen molar-refractivity contribution >= 4 is 16.5 Å². The molecule has 0 amide bonds. The first-order chi connectivity index (χ1) is 7.83. The number of nitrogen functional groups attached to an aromatic ring is 1. The van der Waals surface area contributed by atoms with Crippen LogP contribution in [0.5, 0.6) is 0 Å². The van der Waals surface area contributed by atoms with Crippen molar-refractivity contribution in [2.24, 2.45) is 5.84 Å². The molecule has 16 heavy (non-hydrogen) atoms. The van der Waals surface area contributed by atoms with E-state index in [1.807, 2.05) is 6.20 Å². The maximum Gasteiger partial charge on any atom is 0.197 e. The first kappa shape index (κ1) is 11.8. The quantitative estimate of drug-likeness (QED) is 0.552. The molecule has 5 nitrogen and oxygen atoms in total. The molecule has 0 unspecified atom stereocenters. The summed E-state index contributed by atoms with van der Waals surface area (Å²) in [7, 11) is 1.74. The Kier molecular flexibility index (Phi) is 4.11. The zero-order valence-corrected chi connectivity index (χ0v) is 10.3. The number of nitrogens with two attached hydrogens (primary N) is 1. The molecule has 6 heteroatoms. The molecule has 0 spiro atoms. The Hall–Kier alpha value is -0.690. The van der Waals surface area contributed by atoms with Crippen LogP contribution in [0.1, 0.15) is 17.7 Å². The van der Waals surface area contributed by atoms with E-state index in [9.17, 15) is 0 Å². The van der Waals surface area contributed by atoms with Crippen LogP contribution in [0.3, 0.4) is 0 Å². The number of ether oxygens (including phenoxy) is 1. The number of hydrogen-bond donors (Lipinski definition) is 2. The van der Waals surface area contributed by atoms with E-state index < -0.39 is 0 Å². The number of hydrogen-bond acceptors (Lipinski definition) is 6. The summed E-state index contributed by atoms with van der Waals surface area (Å²) in [6.45, 7) is 2.73. The minimum absolute atomic E-state index is 0.742. The van der Waals surface area contributed by atoms with Gasteiger partial charge in [0.2, 0.25) is 0 Å². The lowest BCUT2D eigenvalue weighted by molar-refractivity contribution is 0.140. The Bertz CT molecular complexity index is 326. The molecule has 0 bridgehead atoms. The zero-order chi connectivity index (χ0) is 11.4. The van der Waals surface area contributed by atoms with Gasteiger partial charge in [0.1, 0.15) is 0 Å². The SMILES string of the molecule is COCCN(Cc1cnc(NN)s1)C1CC1. The number of thiazole rings is 1. The Morgan fingerprint density at radius 3 is 3.06 bits per heavy atom. The van der Waals surface area contributed by atoms with Crippen molar-refractivity contribution in [3.8, 4) is 0 Å². The van der Waals surface area contributed by atoms with Crippen LogP contribution in [0.2, 0.25) is 0 Å². The predicted octanol–water partition coefficient (Wildman–Crippen LogP) is 1.04. The smallest absolute Gasteiger partial charge is 0.197 e. The lowest BCUT2D eigenvalue weighted by atomic mass is 10.4.